The molecule has 1 saturated carbocycles. The van der Waals surface area contributed by atoms with E-state index in [2.05, 4.69) is 15.9 Å². The molecule has 1 aromatic rings. The fourth-order valence-electron chi connectivity index (χ4n) is 2.08. The minimum Gasteiger partial charge on any atom is -0.299 e. The van der Waals surface area contributed by atoms with Crippen molar-refractivity contribution in [2.75, 3.05) is 0 Å². The summed E-state index contributed by atoms with van der Waals surface area (Å²) in [6, 6.07) is 7.21. The molecule has 84 valence electrons. The lowest BCUT2D eigenvalue weighted by molar-refractivity contribution is -0.122. The van der Waals surface area contributed by atoms with Crippen molar-refractivity contribution in [3.05, 3.63) is 34.3 Å². The third-order valence-corrected chi connectivity index (χ3v) is 3.53. The molecule has 0 aromatic heterocycles. The SMILES string of the molecule is O=C(c1ccc(Br)cc1)C1CCCC[13C]1=O. The normalized spacial score (nSPS) is 20.8. The molecule has 1 aromatic carbocycles. The Balaban J connectivity index is 2.17. The van der Waals surface area contributed by atoms with Crippen LogP contribution in [0.1, 0.15) is 36.0 Å². The number of hydrogen-bond acceptors (Lipinski definition) is 2. The topological polar surface area (TPSA) is 34.1 Å². The number of halogens is 1. The van der Waals surface area contributed by atoms with Crippen LogP contribution in [0.2, 0.25) is 0 Å². The summed E-state index contributed by atoms with van der Waals surface area (Å²) in [7, 11) is 0. The smallest absolute Gasteiger partial charge is 0.173 e. The quantitative estimate of drug-likeness (QED) is 0.473. The monoisotopic (exact) mass is 281 g/mol. The molecule has 0 N–H and O–H groups in total. The molecule has 1 atom stereocenters. The van der Waals surface area contributed by atoms with Crippen LogP contribution < -0.4 is 0 Å². The number of ketones is 2. The molecule has 0 aliphatic heterocycles. The minimum atomic E-state index is -0.394. The van der Waals surface area contributed by atoms with Gasteiger partial charge in [-0.25, -0.2) is 0 Å². The molecular formula is C13H13BrO2. The van der Waals surface area contributed by atoms with Gasteiger partial charge in [-0.05, 0) is 25.0 Å². The van der Waals surface area contributed by atoms with Crippen molar-refractivity contribution in [1.82, 2.24) is 0 Å². The van der Waals surface area contributed by atoms with Crippen LogP contribution >= 0.6 is 15.9 Å². The predicted molar refractivity (Wildman–Crippen MR) is 65.4 cm³/mol. The third kappa shape index (κ3) is 2.40. The maximum atomic E-state index is 12.1. The first-order chi connectivity index (χ1) is 7.68. The van der Waals surface area contributed by atoms with E-state index >= 15 is 0 Å². The van der Waals surface area contributed by atoms with Crippen molar-refractivity contribution >= 4 is 27.5 Å². The van der Waals surface area contributed by atoms with Crippen molar-refractivity contribution < 1.29 is 9.59 Å². The van der Waals surface area contributed by atoms with Crippen molar-refractivity contribution in [3.8, 4) is 0 Å². The first-order valence-corrected chi connectivity index (χ1v) is 6.30. The first kappa shape index (κ1) is 11.5. The van der Waals surface area contributed by atoms with E-state index < -0.39 is 5.92 Å². The van der Waals surface area contributed by atoms with Gasteiger partial charge < -0.3 is 0 Å². The van der Waals surface area contributed by atoms with Gasteiger partial charge in [0, 0.05) is 16.5 Å². The molecule has 0 radical (unpaired) electrons. The summed E-state index contributed by atoms with van der Waals surface area (Å²) in [6.07, 6.45) is 3.20. The summed E-state index contributed by atoms with van der Waals surface area (Å²) in [5.41, 5.74) is 0.642. The van der Waals surface area contributed by atoms with Gasteiger partial charge in [-0.2, -0.15) is 0 Å². The Hall–Kier alpha value is -0.960. The fourth-order valence-corrected chi connectivity index (χ4v) is 2.34. The summed E-state index contributed by atoms with van der Waals surface area (Å²) < 4.78 is 0.944. The molecule has 2 rings (SSSR count). The molecule has 1 fully saturated rings. The Morgan fingerprint density at radius 1 is 1.19 bits per heavy atom. The van der Waals surface area contributed by atoms with E-state index in [9.17, 15) is 9.59 Å². The Kier molecular flexibility index (Phi) is 3.54. The highest BCUT2D eigenvalue weighted by Crippen LogP contribution is 2.24. The maximum Gasteiger partial charge on any atom is 0.173 e. The second kappa shape index (κ2) is 4.91. The lowest BCUT2D eigenvalue weighted by Gasteiger charge is -2.19. The van der Waals surface area contributed by atoms with Crippen molar-refractivity contribution in [2.24, 2.45) is 5.92 Å². The summed E-state index contributed by atoms with van der Waals surface area (Å²) in [6.45, 7) is 0. The second-order valence-corrected chi connectivity index (χ2v) is 5.05. The zero-order valence-electron chi connectivity index (χ0n) is 8.91. The van der Waals surface area contributed by atoms with E-state index in [0.717, 1.165) is 17.3 Å². The molecule has 0 bridgehead atoms. The highest BCUT2D eigenvalue weighted by atomic mass is 79.9. The number of hydrogen-bond donors (Lipinski definition) is 0. The first-order valence-electron chi connectivity index (χ1n) is 5.51. The van der Waals surface area contributed by atoms with E-state index in [0.29, 0.717) is 18.4 Å². The summed E-state index contributed by atoms with van der Waals surface area (Å²) in [5, 5.41) is 0. The molecule has 0 amide bonds. The standard InChI is InChI=1S/C13H13BrO2/c14-10-7-5-9(6-8-10)13(16)11-3-1-2-4-12(11)15/h5-8,11H,1-4H2/i12+1. The molecular weight excluding hydrogens is 269 g/mol. The highest BCUT2D eigenvalue weighted by molar-refractivity contribution is 9.10. The Morgan fingerprint density at radius 3 is 2.50 bits per heavy atom. The number of rotatable bonds is 2. The average molecular weight is 282 g/mol. The summed E-state index contributed by atoms with van der Waals surface area (Å²) in [4.78, 5) is 23.7. The van der Waals surface area contributed by atoms with Crippen molar-refractivity contribution in [1.29, 1.82) is 0 Å². The van der Waals surface area contributed by atoms with Crippen LogP contribution in [0.15, 0.2) is 28.7 Å². The van der Waals surface area contributed by atoms with Gasteiger partial charge in [0.2, 0.25) is 0 Å². The zero-order chi connectivity index (χ0) is 11.5. The Morgan fingerprint density at radius 2 is 1.88 bits per heavy atom. The van der Waals surface area contributed by atoms with Gasteiger partial charge in [0.15, 0.2) is 5.78 Å². The van der Waals surface area contributed by atoms with Gasteiger partial charge in [-0.15, -0.1) is 0 Å². The van der Waals surface area contributed by atoms with E-state index in [1.54, 1.807) is 12.1 Å². The number of Topliss-reactive ketones (excluding diaryl/α,β-unsaturated/α-hetero) is 2. The van der Waals surface area contributed by atoms with Crippen LogP contribution in [0, 0.1) is 5.92 Å². The van der Waals surface area contributed by atoms with Crippen LogP contribution in [0.3, 0.4) is 0 Å². The van der Waals surface area contributed by atoms with Crippen molar-refractivity contribution in [3.63, 3.8) is 0 Å². The summed E-state index contributed by atoms with van der Waals surface area (Å²) in [5.74, 6) is -0.300. The maximum absolute atomic E-state index is 12.1. The van der Waals surface area contributed by atoms with Crippen LogP contribution in [-0.4, -0.2) is 11.6 Å². The number of carbonyl (C=O) groups excluding carboxylic acids is 2. The molecule has 1 unspecified atom stereocenters. The predicted octanol–water partition coefficient (Wildman–Crippen LogP) is 3.39. The van der Waals surface area contributed by atoms with Gasteiger partial charge >= 0.3 is 0 Å². The van der Waals surface area contributed by atoms with E-state index in [1.165, 1.54) is 0 Å². The van der Waals surface area contributed by atoms with Gasteiger partial charge in [0.05, 0.1) is 5.92 Å². The van der Waals surface area contributed by atoms with Crippen LogP contribution in [0.25, 0.3) is 0 Å². The van der Waals surface area contributed by atoms with E-state index in [-0.39, 0.29) is 11.6 Å². The molecule has 0 heterocycles. The van der Waals surface area contributed by atoms with Crippen LogP contribution in [-0.2, 0) is 4.79 Å². The average Bonchev–Trinajstić information content (AvgIpc) is 2.30. The Bertz CT molecular complexity index is 408. The second-order valence-electron chi connectivity index (χ2n) is 4.14. The summed E-state index contributed by atoms with van der Waals surface area (Å²) >= 11 is 3.32. The van der Waals surface area contributed by atoms with E-state index in [1.807, 2.05) is 12.1 Å². The largest absolute Gasteiger partial charge is 0.299 e. The highest BCUT2D eigenvalue weighted by Gasteiger charge is 2.29. The number of carbonyl (C=O) groups is 2. The minimum absolute atomic E-state index is 0.0165. The van der Waals surface area contributed by atoms with Crippen LogP contribution in [0.5, 0.6) is 0 Å². The zero-order valence-corrected chi connectivity index (χ0v) is 10.5. The van der Waals surface area contributed by atoms with Gasteiger partial charge in [0.25, 0.3) is 0 Å². The van der Waals surface area contributed by atoms with E-state index in [4.69, 9.17) is 0 Å². The molecule has 0 saturated heterocycles. The molecule has 1 aliphatic rings. The molecule has 0 spiro atoms. The Labute approximate surface area is 103 Å². The van der Waals surface area contributed by atoms with Gasteiger partial charge in [-0.1, -0.05) is 34.5 Å². The molecule has 3 heteroatoms. The van der Waals surface area contributed by atoms with Gasteiger partial charge in [0.1, 0.15) is 5.78 Å². The van der Waals surface area contributed by atoms with Gasteiger partial charge in [-0.3, -0.25) is 9.59 Å². The molecule has 1 aliphatic carbocycles. The van der Waals surface area contributed by atoms with Crippen molar-refractivity contribution in [2.45, 2.75) is 25.7 Å². The molecule has 2 nitrogen and oxygen atoms in total. The third-order valence-electron chi connectivity index (χ3n) is 3.00. The number of benzene rings is 1. The lowest BCUT2D eigenvalue weighted by Crippen LogP contribution is -2.27. The van der Waals surface area contributed by atoms with Crippen LogP contribution in [0.4, 0.5) is 0 Å². The molecule has 16 heavy (non-hydrogen) atoms. The lowest BCUT2D eigenvalue weighted by atomic mass is 9.92. The fraction of sp³-hybridized carbons (Fsp3) is 0.385.